The number of rotatable bonds is 0. The van der Waals surface area contributed by atoms with E-state index in [9.17, 15) is 0 Å². The van der Waals surface area contributed by atoms with Gasteiger partial charge < -0.3 is 9.88 Å². The first-order valence-electron chi connectivity index (χ1n) is 5.95. The molecule has 2 heteroatoms. The van der Waals surface area contributed by atoms with Crippen LogP contribution in [0.5, 0.6) is 0 Å². The van der Waals surface area contributed by atoms with Crippen molar-refractivity contribution in [2.24, 2.45) is 0 Å². The largest absolute Gasteiger partial charge is 0.345 e. The lowest BCUT2D eigenvalue weighted by Gasteiger charge is -2.31. The van der Waals surface area contributed by atoms with Crippen molar-refractivity contribution in [3.63, 3.8) is 0 Å². The lowest BCUT2D eigenvalue weighted by molar-refractivity contribution is 0.516. The average Bonchev–Trinajstić information content (AvgIpc) is 2.75. The third-order valence-electron chi connectivity index (χ3n) is 3.75. The molecule has 2 aliphatic rings. The molecule has 4 rings (SSSR count). The summed E-state index contributed by atoms with van der Waals surface area (Å²) in [6, 6.07) is 9.35. The summed E-state index contributed by atoms with van der Waals surface area (Å²) < 4.78 is 2.38. The fourth-order valence-corrected chi connectivity index (χ4v) is 3.04. The van der Waals surface area contributed by atoms with Crippen LogP contribution in [0, 0.1) is 0 Å². The number of hydrogen-bond acceptors (Lipinski definition) is 1. The van der Waals surface area contributed by atoms with Gasteiger partial charge in [-0.25, -0.2) is 0 Å². The highest BCUT2D eigenvalue weighted by atomic mass is 15.0. The molecule has 1 unspecified atom stereocenters. The Hall–Kier alpha value is -1.54. The summed E-state index contributed by atoms with van der Waals surface area (Å²) in [5.74, 6) is 0. The fourth-order valence-electron chi connectivity index (χ4n) is 3.04. The number of nitrogens with one attached hydrogen (secondary N) is 1. The average molecular weight is 210 g/mol. The Morgan fingerprint density at radius 1 is 1.25 bits per heavy atom. The van der Waals surface area contributed by atoms with Crippen molar-refractivity contribution in [3.05, 3.63) is 42.1 Å². The molecule has 3 heterocycles. The van der Waals surface area contributed by atoms with Gasteiger partial charge in [0, 0.05) is 23.7 Å². The topological polar surface area (TPSA) is 17.0 Å². The molecule has 1 N–H and O–H groups in total. The third kappa shape index (κ3) is 1.000. The Kier molecular flexibility index (Phi) is 1.60. The third-order valence-corrected chi connectivity index (χ3v) is 3.75. The van der Waals surface area contributed by atoms with Crippen molar-refractivity contribution in [1.82, 2.24) is 9.88 Å². The molecule has 80 valence electrons. The molecular formula is C14H14N2. The minimum atomic E-state index is 0.513. The quantitative estimate of drug-likeness (QED) is 0.706. The van der Waals surface area contributed by atoms with Gasteiger partial charge in [0.15, 0.2) is 0 Å². The van der Waals surface area contributed by atoms with E-state index in [2.05, 4.69) is 46.4 Å². The molecule has 0 aliphatic carbocycles. The molecule has 16 heavy (non-hydrogen) atoms. The Balaban J connectivity index is 2.08. The maximum atomic E-state index is 3.61. The van der Waals surface area contributed by atoms with E-state index in [1.165, 1.54) is 22.0 Å². The van der Waals surface area contributed by atoms with E-state index in [1.54, 1.807) is 0 Å². The van der Waals surface area contributed by atoms with Crippen molar-refractivity contribution in [3.8, 4) is 0 Å². The molecule has 2 nitrogen and oxygen atoms in total. The first kappa shape index (κ1) is 8.59. The standard InChI is InChI=1S/C14H14N2/c1-3-10-6-8-16-9-13-11(5-2-7-15-13)12(4-1)14(10)16/h1,3-6,8,13,15H,2,7,9H2. The highest BCUT2D eigenvalue weighted by molar-refractivity contribution is 5.94. The van der Waals surface area contributed by atoms with Crippen LogP contribution in [0.2, 0.25) is 0 Å². The molecule has 0 fully saturated rings. The first-order valence-corrected chi connectivity index (χ1v) is 5.95. The Labute approximate surface area is 94.6 Å². The predicted molar refractivity (Wildman–Crippen MR) is 66.3 cm³/mol. The Bertz CT molecular complexity index is 592. The van der Waals surface area contributed by atoms with Crippen LogP contribution in [0.3, 0.4) is 0 Å². The fraction of sp³-hybridized carbons (Fsp3) is 0.286. The van der Waals surface area contributed by atoms with Gasteiger partial charge in [0.1, 0.15) is 0 Å². The maximum Gasteiger partial charge on any atom is 0.0557 e. The van der Waals surface area contributed by atoms with Crippen LogP contribution in [0.4, 0.5) is 0 Å². The van der Waals surface area contributed by atoms with Gasteiger partial charge in [0.05, 0.1) is 11.6 Å². The second kappa shape index (κ2) is 2.98. The van der Waals surface area contributed by atoms with Crippen molar-refractivity contribution in [2.45, 2.75) is 19.0 Å². The Morgan fingerprint density at radius 2 is 2.25 bits per heavy atom. The molecular weight excluding hydrogens is 196 g/mol. The zero-order valence-electron chi connectivity index (χ0n) is 9.11. The summed E-state index contributed by atoms with van der Waals surface area (Å²) in [5.41, 5.74) is 4.34. The van der Waals surface area contributed by atoms with E-state index in [4.69, 9.17) is 0 Å². The van der Waals surface area contributed by atoms with E-state index < -0.39 is 0 Å². The minimum Gasteiger partial charge on any atom is -0.345 e. The molecule has 0 saturated heterocycles. The number of hydrogen-bond donors (Lipinski definition) is 1. The molecule has 2 aromatic rings. The highest BCUT2D eigenvalue weighted by Crippen LogP contribution is 2.34. The molecule has 0 radical (unpaired) electrons. The Morgan fingerprint density at radius 3 is 3.25 bits per heavy atom. The highest BCUT2D eigenvalue weighted by Gasteiger charge is 2.26. The van der Waals surface area contributed by atoms with Crippen molar-refractivity contribution in [1.29, 1.82) is 0 Å². The predicted octanol–water partition coefficient (Wildman–Crippen LogP) is 2.40. The molecule has 1 aromatic carbocycles. The molecule has 2 aliphatic heterocycles. The maximum absolute atomic E-state index is 3.61. The van der Waals surface area contributed by atoms with Gasteiger partial charge in [-0.3, -0.25) is 0 Å². The molecule has 1 atom stereocenters. The van der Waals surface area contributed by atoms with Crippen LogP contribution in [0.25, 0.3) is 16.5 Å². The normalized spacial score (nSPS) is 23.0. The minimum absolute atomic E-state index is 0.513. The van der Waals surface area contributed by atoms with Crippen LogP contribution in [0.15, 0.2) is 36.5 Å². The van der Waals surface area contributed by atoms with Gasteiger partial charge >= 0.3 is 0 Å². The van der Waals surface area contributed by atoms with Gasteiger partial charge in [-0.15, -0.1) is 0 Å². The number of fused-ring (bicyclic) bond motifs is 2. The first-order chi connectivity index (χ1) is 7.93. The number of benzene rings is 1. The summed E-state index contributed by atoms with van der Waals surface area (Å²) in [6.45, 7) is 2.19. The molecule has 0 amide bonds. The van der Waals surface area contributed by atoms with Crippen molar-refractivity contribution < 1.29 is 0 Å². The van der Waals surface area contributed by atoms with Crippen LogP contribution in [0.1, 0.15) is 12.0 Å². The smallest absolute Gasteiger partial charge is 0.0557 e. The number of nitrogens with zero attached hydrogens (tertiary/aromatic N) is 1. The van der Waals surface area contributed by atoms with Gasteiger partial charge in [0.2, 0.25) is 0 Å². The SMILES string of the molecule is C1=C2c3cccc4ccn(c34)CC2NCC1. The second-order valence-electron chi connectivity index (χ2n) is 4.67. The van der Waals surface area contributed by atoms with Crippen LogP contribution >= 0.6 is 0 Å². The van der Waals surface area contributed by atoms with E-state index in [0.717, 1.165) is 19.5 Å². The van der Waals surface area contributed by atoms with Crippen molar-refractivity contribution >= 4 is 16.5 Å². The molecule has 0 spiro atoms. The second-order valence-corrected chi connectivity index (χ2v) is 4.67. The van der Waals surface area contributed by atoms with E-state index in [1.807, 2.05) is 0 Å². The van der Waals surface area contributed by atoms with Crippen LogP contribution in [-0.4, -0.2) is 17.2 Å². The van der Waals surface area contributed by atoms with Gasteiger partial charge in [-0.05, 0) is 24.6 Å². The molecule has 0 saturated carbocycles. The summed E-state index contributed by atoms with van der Waals surface area (Å²) in [4.78, 5) is 0. The summed E-state index contributed by atoms with van der Waals surface area (Å²) in [5, 5.41) is 4.97. The lowest BCUT2D eigenvalue weighted by Crippen LogP contribution is -2.39. The van der Waals surface area contributed by atoms with Crippen LogP contribution < -0.4 is 5.32 Å². The zero-order chi connectivity index (χ0) is 10.5. The van der Waals surface area contributed by atoms with E-state index in [-0.39, 0.29) is 0 Å². The summed E-state index contributed by atoms with van der Waals surface area (Å²) in [6.07, 6.45) is 5.77. The van der Waals surface area contributed by atoms with Crippen LogP contribution in [-0.2, 0) is 6.54 Å². The van der Waals surface area contributed by atoms with E-state index in [0.29, 0.717) is 6.04 Å². The van der Waals surface area contributed by atoms with E-state index >= 15 is 0 Å². The monoisotopic (exact) mass is 210 g/mol. The summed E-state index contributed by atoms with van der Waals surface area (Å²) in [7, 11) is 0. The van der Waals surface area contributed by atoms with Gasteiger partial charge in [-0.2, -0.15) is 0 Å². The number of aromatic nitrogens is 1. The van der Waals surface area contributed by atoms with Gasteiger partial charge in [0.25, 0.3) is 0 Å². The summed E-state index contributed by atoms with van der Waals surface area (Å²) >= 11 is 0. The zero-order valence-corrected chi connectivity index (χ0v) is 9.11. The number of para-hydroxylation sites is 1. The van der Waals surface area contributed by atoms with Gasteiger partial charge in [-0.1, -0.05) is 24.3 Å². The lowest BCUT2D eigenvalue weighted by atomic mass is 9.91. The van der Waals surface area contributed by atoms with Crippen molar-refractivity contribution in [2.75, 3.05) is 6.54 Å². The molecule has 1 aromatic heterocycles. The molecule has 0 bridgehead atoms.